The zero-order valence-corrected chi connectivity index (χ0v) is 20.5. The Morgan fingerprint density at radius 1 is 0.811 bits per heavy atom. The number of carbonyl (C=O) groups excluding carboxylic acids is 2. The van der Waals surface area contributed by atoms with Gasteiger partial charge in [0.15, 0.2) is 17.5 Å². The van der Waals surface area contributed by atoms with Gasteiger partial charge in [-0.3, -0.25) is 4.79 Å². The lowest BCUT2D eigenvalue weighted by Crippen LogP contribution is -2.41. The molecule has 1 atom stereocenters. The van der Waals surface area contributed by atoms with Gasteiger partial charge in [0.1, 0.15) is 5.75 Å². The first kappa shape index (κ1) is 25.6. The van der Waals surface area contributed by atoms with Gasteiger partial charge in [0.05, 0.1) is 13.5 Å². The van der Waals surface area contributed by atoms with Crippen LogP contribution >= 0.6 is 0 Å². The molecule has 0 bridgehead atoms. The molecule has 0 aliphatic carbocycles. The fourth-order valence-electron chi connectivity index (χ4n) is 3.94. The highest BCUT2D eigenvalue weighted by Gasteiger charge is 2.39. The van der Waals surface area contributed by atoms with Crippen molar-refractivity contribution in [3.63, 3.8) is 0 Å². The SMILES string of the molecule is COc1cccc(/C=C/[C@@](O)(CC(=O)c2ccccc2)C(=O)OC(c2ccccc2)c2ccccc2)c1. The molecule has 1 N–H and O–H groups in total. The molecule has 4 aromatic carbocycles. The van der Waals surface area contributed by atoms with E-state index in [-0.39, 0.29) is 5.78 Å². The summed E-state index contributed by atoms with van der Waals surface area (Å²) in [5.41, 5.74) is 0.371. The van der Waals surface area contributed by atoms with E-state index < -0.39 is 24.1 Å². The van der Waals surface area contributed by atoms with Gasteiger partial charge < -0.3 is 14.6 Å². The van der Waals surface area contributed by atoms with Gasteiger partial charge in [-0.25, -0.2) is 4.79 Å². The summed E-state index contributed by atoms with van der Waals surface area (Å²) in [6.45, 7) is 0. The smallest absolute Gasteiger partial charge is 0.343 e. The Morgan fingerprint density at radius 2 is 1.38 bits per heavy atom. The number of esters is 1. The molecule has 0 radical (unpaired) electrons. The molecule has 186 valence electrons. The first-order valence-electron chi connectivity index (χ1n) is 11.9. The summed E-state index contributed by atoms with van der Waals surface area (Å²) >= 11 is 0. The van der Waals surface area contributed by atoms with Crippen molar-refractivity contribution in [1.29, 1.82) is 0 Å². The van der Waals surface area contributed by atoms with E-state index in [0.29, 0.717) is 16.9 Å². The van der Waals surface area contributed by atoms with Gasteiger partial charge in [0, 0.05) is 5.56 Å². The lowest BCUT2D eigenvalue weighted by atomic mass is 9.92. The minimum Gasteiger partial charge on any atom is -0.497 e. The number of ketones is 1. The van der Waals surface area contributed by atoms with Gasteiger partial charge in [-0.05, 0) is 34.9 Å². The number of hydrogen-bond acceptors (Lipinski definition) is 5. The van der Waals surface area contributed by atoms with Crippen LogP contribution in [-0.2, 0) is 9.53 Å². The average molecular weight is 493 g/mol. The van der Waals surface area contributed by atoms with Gasteiger partial charge >= 0.3 is 5.97 Å². The standard InChI is InChI=1S/C32H28O5/c1-36-28-19-11-12-24(22-28)20-21-32(35,23-29(33)25-13-5-2-6-14-25)31(34)37-30(26-15-7-3-8-16-26)27-17-9-4-10-18-27/h2-22,30,35H,23H2,1H3/b21-20+/t32-/m1/s1. The second-order valence-electron chi connectivity index (χ2n) is 8.61. The largest absolute Gasteiger partial charge is 0.497 e. The van der Waals surface area contributed by atoms with Crippen LogP contribution in [0.25, 0.3) is 6.08 Å². The highest BCUT2D eigenvalue weighted by atomic mass is 16.6. The molecule has 0 saturated heterocycles. The van der Waals surface area contributed by atoms with Crippen molar-refractivity contribution in [2.24, 2.45) is 0 Å². The topological polar surface area (TPSA) is 72.8 Å². The lowest BCUT2D eigenvalue weighted by molar-refractivity contribution is -0.164. The fourth-order valence-corrected chi connectivity index (χ4v) is 3.94. The van der Waals surface area contributed by atoms with Crippen molar-refractivity contribution < 1.29 is 24.2 Å². The fraction of sp³-hybridized carbons (Fsp3) is 0.125. The third-order valence-corrected chi connectivity index (χ3v) is 5.95. The first-order valence-corrected chi connectivity index (χ1v) is 11.9. The third-order valence-electron chi connectivity index (χ3n) is 5.95. The Bertz CT molecular complexity index is 1310. The maximum Gasteiger partial charge on any atom is 0.343 e. The number of methoxy groups -OCH3 is 1. The van der Waals surface area contributed by atoms with Crippen molar-refractivity contribution in [2.45, 2.75) is 18.1 Å². The molecule has 0 heterocycles. The highest BCUT2D eigenvalue weighted by Crippen LogP contribution is 2.30. The molecular formula is C32H28O5. The predicted octanol–water partition coefficient (Wildman–Crippen LogP) is 6.05. The minimum absolute atomic E-state index is 0.383. The van der Waals surface area contributed by atoms with Crippen LogP contribution in [0.2, 0.25) is 0 Å². The first-order chi connectivity index (χ1) is 18.0. The molecule has 0 fully saturated rings. The van der Waals surface area contributed by atoms with Crippen molar-refractivity contribution >= 4 is 17.8 Å². The summed E-state index contributed by atoms with van der Waals surface area (Å²) in [5, 5.41) is 11.6. The molecular weight excluding hydrogens is 464 g/mol. The maximum absolute atomic E-state index is 13.6. The molecule has 0 aliphatic rings. The van der Waals surface area contributed by atoms with Crippen LogP contribution in [0.5, 0.6) is 5.75 Å². The molecule has 0 saturated carbocycles. The summed E-state index contributed by atoms with van der Waals surface area (Å²) in [6.07, 6.45) is 1.66. The average Bonchev–Trinajstić information content (AvgIpc) is 2.96. The summed E-state index contributed by atoms with van der Waals surface area (Å²) in [5.74, 6) is -0.679. The molecule has 4 rings (SSSR count). The second-order valence-corrected chi connectivity index (χ2v) is 8.61. The summed E-state index contributed by atoms with van der Waals surface area (Å²) in [4.78, 5) is 26.7. The van der Waals surface area contributed by atoms with Gasteiger partial charge in [-0.2, -0.15) is 0 Å². The highest BCUT2D eigenvalue weighted by molar-refractivity contribution is 6.00. The number of ether oxygens (including phenoxy) is 2. The lowest BCUT2D eigenvalue weighted by Gasteiger charge is -2.26. The number of carbonyl (C=O) groups is 2. The monoisotopic (exact) mass is 492 g/mol. The number of hydrogen-bond donors (Lipinski definition) is 1. The van der Waals surface area contributed by atoms with E-state index >= 15 is 0 Å². The number of benzene rings is 4. The van der Waals surface area contributed by atoms with E-state index in [9.17, 15) is 14.7 Å². The van der Waals surface area contributed by atoms with E-state index in [1.54, 1.807) is 67.8 Å². The zero-order valence-electron chi connectivity index (χ0n) is 20.5. The second kappa shape index (κ2) is 12.0. The van der Waals surface area contributed by atoms with Crippen LogP contribution in [0.1, 0.15) is 39.6 Å². The molecule has 0 spiro atoms. The molecule has 5 nitrogen and oxygen atoms in total. The predicted molar refractivity (Wildman–Crippen MR) is 143 cm³/mol. The van der Waals surface area contributed by atoms with Crippen LogP contribution in [0.4, 0.5) is 0 Å². The minimum atomic E-state index is -2.21. The third kappa shape index (κ3) is 6.60. The van der Waals surface area contributed by atoms with Crippen LogP contribution in [-0.4, -0.2) is 29.6 Å². The Balaban J connectivity index is 1.68. The van der Waals surface area contributed by atoms with Gasteiger partial charge in [0.25, 0.3) is 0 Å². The van der Waals surface area contributed by atoms with Crippen molar-refractivity contribution in [1.82, 2.24) is 0 Å². The van der Waals surface area contributed by atoms with E-state index in [1.807, 2.05) is 60.7 Å². The van der Waals surface area contributed by atoms with Crippen LogP contribution in [0.3, 0.4) is 0 Å². The molecule has 4 aromatic rings. The Labute approximate surface area is 216 Å². The van der Waals surface area contributed by atoms with Crippen LogP contribution < -0.4 is 4.74 Å². The normalized spacial score (nSPS) is 12.7. The molecule has 0 aliphatic heterocycles. The Kier molecular flexibility index (Phi) is 8.29. The van der Waals surface area contributed by atoms with Crippen molar-refractivity contribution in [3.05, 3.63) is 144 Å². The van der Waals surface area contributed by atoms with Crippen molar-refractivity contribution in [2.75, 3.05) is 7.11 Å². The molecule has 5 heteroatoms. The number of Topliss-reactive ketones (excluding diaryl/α,β-unsaturated/α-hetero) is 1. The Morgan fingerprint density at radius 3 is 1.95 bits per heavy atom. The summed E-state index contributed by atoms with van der Waals surface area (Å²) < 4.78 is 11.2. The van der Waals surface area contributed by atoms with Gasteiger partial charge in [-0.15, -0.1) is 0 Å². The van der Waals surface area contributed by atoms with E-state index in [2.05, 4.69) is 0 Å². The maximum atomic E-state index is 13.6. The van der Waals surface area contributed by atoms with E-state index in [1.165, 1.54) is 6.08 Å². The zero-order chi connectivity index (χ0) is 26.1. The Hall–Kier alpha value is -4.48. The molecule has 0 aromatic heterocycles. The van der Waals surface area contributed by atoms with Crippen molar-refractivity contribution in [3.8, 4) is 5.75 Å². The van der Waals surface area contributed by atoms with Gasteiger partial charge in [0.2, 0.25) is 0 Å². The van der Waals surface area contributed by atoms with Gasteiger partial charge in [-0.1, -0.05) is 109 Å². The number of aliphatic hydroxyl groups is 1. The quantitative estimate of drug-likeness (QED) is 0.216. The summed E-state index contributed by atoms with van der Waals surface area (Å²) in [6, 6.07) is 34.3. The van der Waals surface area contributed by atoms with E-state index in [0.717, 1.165) is 11.1 Å². The van der Waals surface area contributed by atoms with Crippen LogP contribution in [0.15, 0.2) is 121 Å². The summed E-state index contributed by atoms with van der Waals surface area (Å²) in [7, 11) is 1.56. The van der Waals surface area contributed by atoms with E-state index in [4.69, 9.17) is 9.47 Å². The molecule has 0 amide bonds. The molecule has 0 unspecified atom stereocenters. The van der Waals surface area contributed by atoms with Crippen LogP contribution in [0, 0.1) is 0 Å². The molecule has 37 heavy (non-hydrogen) atoms. The number of rotatable bonds is 10.